The van der Waals surface area contributed by atoms with Crippen molar-refractivity contribution in [3.63, 3.8) is 0 Å². The molecule has 0 amide bonds. The van der Waals surface area contributed by atoms with E-state index in [1.165, 1.54) is 0 Å². The Hall–Kier alpha value is 0.463. The van der Waals surface area contributed by atoms with Gasteiger partial charge in [-0.3, -0.25) is 0 Å². The molecule has 0 heterocycles. The van der Waals surface area contributed by atoms with Crippen LogP contribution in [0.15, 0.2) is 0 Å². The second-order valence-corrected chi connectivity index (χ2v) is 5.11. The molecule has 0 aliphatic carbocycles. The summed E-state index contributed by atoms with van der Waals surface area (Å²) in [6.07, 6.45) is 0. The topological polar surface area (TPSA) is 28.2 Å². The molecule has 0 aliphatic rings. The summed E-state index contributed by atoms with van der Waals surface area (Å²) < 4.78 is 0. The molecule has 0 fully saturated rings. The maximum atomic E-state index is 4.47. The zero-order valence-electron chi connectivity index (χ0n) is 9.81. The van der Waals surface area contributed by atoms with Crippen LogP contribution in [0.25, 0.3) is 10.6 Å². The van der Waals surface area contributed by atoms with Gasteiger partial charge in [-0.2, -0.15) is 13.1 Å². The van der Waals surface area contributed by atoms with Crippen molar-refractivity contribution in [2.45, 2.75) is 52.6 Å². The van der Waals surface area contributed by atoms with Crippen LogP contribution in [0, 0.1) is 0 Å². The first-order chi connectivity index (χ1) is 5.21. The second kappa shape index (κ2) is 6.04. The van der Waals surface area contributed by atoms with E-state index in [2.05, 4.69) is 52.2 Å². The van der Waals surface area contributed by atoms with E-state index >= 15 is 0 Å². The van der Waals surface area contributed by atoms with Crippen molar-refractivity contribution in [2.24, 2.45) is 0 Å². The number of hydrogen-bond acceptors (Lipinski definition) is 0. The van der Waals surface area contributed by atoms with Crippen LogP contribution >= 0.6 is 0 Å². The van der Waals surface area contributed by atoms with Gasteiger partial charge in [0, 0.05) is 17.6 Å². The van der Waals surface area contributed by atoms with Gasteiger partial charge in [-0.05, 0) is 0 Å². The normalized spacial score (nSPS) is 12.5. The molecule has 3 heteroatoms. The van der Waals surface area contributed by atoms with Crippen LogP contribution in [0.4, 0.5) is 0 Å². The molecule has 78 valence electrons. The van der Waals surface area contributed by atoms with E-state index < -0.39 is 0 Å². The predicted molar refractivity (Wildman–Crippen MR) is 61.7 cm³/mol. The van der Waals surface area contributed by atoms with E-state index in [0.717, 1.165) is 13.1 Å². The molecule has 0 bridgehead atoms. The Morgan fingerprint density at radius 2 is 0.923 bits per heavy atom. The van der Waals surface area contributed by atoms with Crippen molar-refractivity contribution in [3.05, 3.63) is 10.6 Å². The van der Waals surface area contributed by atoms with Crippen molar-refractivity contribution in [2.75, 3.05) is 13.1 Å². The summed E-state index contributed by atoms with van der Waals surface area (Å²) in [6.45, 7) is 14.4. The van der Waals surface area contributed by atoms with Crippen molar-refractivity contribution in [3.8, 4) is 0 Å². The van der Waals surface area contributed by atoms with Gasteiger partial charge in [0.15, 0.2) is 0 Å². The van der Waals surface area contributed by atoms with Crippen molar-refractivity contribution in [1.82, 2.24) is 0 Å². The van der Waals surface area contributed by atoms with Crippen LogP contribution < -0.4 is 0 Å². The number of nitrogens with zero attached hydrogens (tertiary/aromatic N) is 2. The summed E-state index contributed by atoms with van der Waals surface area (Å²) in [6, 6.07) is 0. The van der Waals surface area contributed by atoms with Gasteiger partial charge in [-0.25, -0.2) is 0 Å². The third-order valence-electron chi connectivity index (χ3n) is 1.27. The molecule has 0 aromatic heterocycles. The van der Waals surface area contributed by atoms with Crippen LogP contribution in [0.1, 0.15) is 41.5 Å². The minimum absolute atomic E-state index is 0. The van der Waals surface area contributed by atoms with Gasteiger partial charge in [-0.1, -0.05) is 41.5 Å². The third kappa shape index (κ3) is 15.2. The van der Waals surface area contributed by atoms with Crippen LogP contribution in [0.3, 0.4) is 0 Å². The molecule has 0 aromatic rings. The monoisotopic (exact) mass is 244 g/mol. The van der Waals surface area contributed by atoms with Crippen LogP contribution in [0.2, 0.25) is 0 Å². The Balaban J connectivity index is 0. The summed E-state index contributed by atoms with van der Waals surface area (Å²) in [5.41, 5.74) is 0.181. The summed E-state index contributed by atoms with van der Waals surface area (Å²) in [4.78, 5) is 0. The van der Waals surface area contributed by atoms with Crippen LogP contribution in [0.5, 0.6) is 0 Å². The van der Waals surface area contributed by atoms with Gasteiger partial charge < -0.3 is 10.6 Å². The largest absolute Gasteiger partial charge is 0.659 e. The average Bonchev–Trinajstić information content (AvgIpc) is 1.76. The first-order valence-corrected chi connectivity index (χ1v) is 4.58. The van der Waals surface area contributed by atoms with Gasteiger partial charge in [0.2, 0.25) is 0 Å². The molecule has 2 nitrogen and oxygen atoms in total. The zero-order chi connectivity index (χ0) is 9.83. The summed E-state index contributed by atoms with van der Waals surface area (Å²) in [5, 5.41) is 8.93. The smallest absolute Gasteiger partial charge is 0 e. The van der Waals surface area contributed by atoms with E-state index in [1.54, 1.807) is 0 Å². The third-order valence-corrected chi connectivity index (χ3v) is 1.27. The Morgan fingerprint density at radius 3 is 1.08 bits per heavy atom. The van der Waals surface area contributed by atoms with Gasteiger partial charge in [0.25, 0.3) is 0 Å². The van der Waals surface area contributed by atoms with Crippen LogP contribution in [-0.4, -0.2) is 41.8 Å². The van der Waals surface area contributed by atoms with Crippen molar-refractivity contribution < 1.29 is 0 Å². The molecular weight excluding hydrogens is 221 g/mol. The Labute approximate surface area is 94.2 Å². The molecule has 0 saturated carbocycles. The van der Waals surface area contributed by atoms with E-state index in [1.807, 2.05) is 0 Å². The first kappa shape index (κ1) is 15.9. The molecule has 0 spiro atoms. The fraction of sp³-hybridized carbons (Fsp3) is 1.00. The Morgan fingerprint density at radius 1 is 0.692 bits per heavy atom. The van der Waals surface area contributed by atoms with E-state index in [-0.39, 0.29) is 28.7 Å². The first-order valence-electron chi connectivity index (χ1n) is 4.58. The van der Waals surface area contributed by atoms with Gasteiger partial charge in [0.1, 0.15) is 0 Å². The SMILES string of the molecule is CC(C)(C)[N-]CC[N-]C(C)(C)C.[Ge]. The predicted octanol–water partition coefficient (Wildman–Crippen LogP) is 2.95. The summed E-state index contributed by atoms with van der Waals surface area (Å²) in [7, 11) is 0. The number of hydrogen-bond donors (Lipinski definition) is 0. The van der Waals surface area contributed by atoms with Gasteiger partial charge >= 0.3 is 0 Å². The second-order valence-electron chi connectivity index (χ2n) is 5.11. The van der Waals surface area contributed by atoms with Crippen molar-refractivity contribution in [1.29, 1.82) is 0 Å². The molecule has 0 aliphatic heterocycles. The maximum absolute atomic E-state index is 4.47. The maximum Gasteiger partial charge on any atom is 0 e. The van der Waals surface area contributed by atoms with Gasteiger partial charge in [0.05, 0.1) is 0 Å². The van der Waals surface area contributed by atoms with Gasteiger partial charge in [-0.15, -0.1) is 11.1 Å². The minimum Gasteiger partial charge on any atom is -0.659 e. The molecule has 0 saturated heterocycles. The fourth-order valence-electron chi connectivity index (χ4n) is 0.771. The average molecular weight is 243 g/mol. The molecule has 13 heavy (non-hydrogen) atoms. The van der Waals surface area contributed by atoms with E-state index in [0.29, 0.717) is 0 Å². The summed E-state index contributed by atoms with van der Waals surface area (Å²) in [5.74, 6) is 0. The fourth-order valence-corrected chi connectivity index (χ4v) is 0.771. The molecule has 0 unspecified atom stereocenters. The quantitative estimate of drug-likeness (QED) is 0.538. The molecule has 0 N–H and O–H groups in total. The minimum atomic E-state index is 0. The standard InChI is InChI=1S/C10H22N2.Ge/c1-9(2,3)11-7-8-12-10(4,5)6;/h7-8H2,1-6H3;/q-2;. The molecule has 0 aromatic carbocycles. The Kier molecular flexibility index (Phi) is 7.40. The molecular formula is C10H22GeN2-2. The van der Waals surface area contributed by atoms with E-state index in [9.17, 15) is 0 Å². The Bertz CT molecular complexity index is 106. The zero-order valence-corrected chi connectivity index (χ0v) is 11.9. The molecule has 4 radical (unpaired) electrons. The van der Waals surface area contributed by atoms with Crippen LogP contribution in [-0.2, 0) is 0 Å². The van der Waals surface area contributed by atoms with Crippen molar-refractivity contribution >= 4 is 17.6 Å². The number of rotatable bonds is 3. The molecule has 0 atom stereocenters. The summed E-state index contributed by atoms with van der Waals surface area (Å²) >= 11 is 0. The molecule has 0 rings (SSSR count). The van der Waals surface area contributed by atoms with E-state index in [4.69, 9.17) is 0 Å².